The van der Waals surface area contributed by atoms with Crippen molar-refractivity contribution >= 4 is 0 Å². The summed E-state index contributed by atoms with van der Waals surface area (Å²) in [4.78, 5) is 2.55. The van der Waals surface area contributed by atoms with Gasteiger partial charge >= 0.3 is 0 Å². The molecule has 1 aliphatic rings. The zero-order chi connectivity index (χ0) is 12.8. The number of hydrogen-bond donors (Lipinski definition) is 1. The Hall–Kier alpha value is -0.160. The van der Waals surface area contributed by atoms with E-state index >= 15 is 0 Å². The SMILES string of the molecule is COC(CC(CN)N(CC(C)C)C1CC1)OC. The molecule has 4 nitrogen and oxygen atoms in total. The summed E-state index contributed by atoms with van der Waals surface area (Å²) in [6.07, 6.45) is 3.34. The van der Waals surface area contributed by atoms with Crippen LogP contribution in [0.5, 0.6) is 0 Å². The van der Waals surface area contributed by atoms with Crippen molar-refractivity contribution < 1.29 is 9.47 Å². The van der Waals surface area contributed by atoms with Crippen molar-refractivity contribution in [3.8, 4) is 0 Å². The summed E-state index contributed by atoms with van der Waals surface area (Å²) in [5, 5.41) is 0. The van der Waals surface area contributed by atoms with Crippen LogP contribution in [0, 0.1) is 5.92 Å². The monoisotopic (exact) mass is 244 g/mol. The number of hydrogen-bond acceptors (Lipinski definition) is 4. The van der Waals surface area contributed by atoms with E-state index in [1.807, 2.05) is 0 Å². The van der Waals surface area contributed by atoms with Crippen molar-refractivity contribution in [2.45, 2.75) is 51.5 Å². The topological polar surface area (TPSA) is 47.7 Å². The minimum atomic E-state index is -0.142. The fourth-order valence-electron chi connectivity index (χ4n) is 2.30. The van der Waals surface area contributed by atoms with Gasteiger partial charge in [0.1, 0.15) is 0 Å². The molecule has 0 aromatic carbocycles. The van der Waals surface area contributed by atoms with E-state index in [0.29, 0.717) is 18.5 Å². The van der Waals surface area contributed by atoms with Crippen LogP contribution in [-0.4, -0.2) is 50.6 Å². The van der Waals surface area contributed by atoms with Crippen LogP contribution in [0.15, 0.2) is 0 Å². The highest BCUT2D eigenvalue weighted by Crippen LogP contribution is 2.30. The Morgan fingerprint density at radius 2 is 1.82 bits per heavy atom. The summed E-state index contributed by atoms with van der Waals surface area (Å²) in [5.41, 5.74) is 5.92. The van der Waals surface area contributed by atoms with Gasteiger partial charge in [-0.1, -0.05) is 13.8 Å². The highest BCUT2D eigenvalue weighted by atomic mass is 16.7. The summed E-state index contributed by atoms with van der Waals surface area (Å²) in [7, 11) is 3.37. The van der Waals surface area contributed by atoms with Gasteiger partial charge < -0.3 is 15.2 Å². The maximum atomic E-state index is 5.92. The van der Waals surface area contributed by atoms with Gasteiger partial charge in [0, 0.05) is 45.8 Å². The van der Waals surface area contributed by atoms with Crippen molar-refractivity contribution in [2.24, 2.45) is 11.7 Å². The minimum Gasteiger partial charge on any atom is -0.356 e. The molecule has 0 heterocycles. The van der Waals surface area contributed by atoms with Gasteiger partial charge in [-0.15, -0.1) is 0 Å². The first-order chi connectivity index (χ1) is 8.12. The van der Waals surface area contributed by atoms with Crippen LogP contribution in [0.4, 0.5) is 0 Å². The van der Waals surface area contributed by atoms with Crippen LogP contribution in [-0.2, 0) is 9.47 Å². The molecule has 0 aliphatic heterocycles. The van der Waals surface area contributed by atoms with Gasteiger partial charge in [0.15, 0.2) is 6.29 Å². The molecule has 0 radical (unpaired) electrons. The molecule has 1 rings (SSSR count). The molecular formula is C13H28N2O2. The largest absolute Gasteiger partial charge is 0.356 e. The molecule has 0 spiro atoms. The van der Waals surface area contributed by atoms with Crippen LogP contribution in [0.2, 0.25) is 0 Å². The Labute approximate surface area is 105 Å². The smallest absolute Gasteiger partial charge is 0.158 e. The average Bonchev–Trinajstić information content (AvgIpc) is 3.12. The maximum absolute atomic E-state index is 5.92. The molecule has 0 aromatic heterocycles. The van der Waals surface area contributed by atoms with Gasteiger partial charge in [-0.3, -0.25) is 4.90 Å². The lowest BCUT2D eigenvalue weighted by Crippen LogP contribution is -2.46. The predicted octanol–water partition coefficient (Wildman–Crippen LogP) is 1.44. The molecular weight excluding hydrogens is 216 g/mol. The highest BCUT2D eigenvalue weighted by molar-refractivity contribution is 4.90. The number of ether oxygens (including phenoxy) is 2. The lowest BCUT2D eigenvalue weighted by atomic mass is 10.1. The van der Waals surface area contributed by atoms with E-state index in [2.05, 4.69) is 18.7 Å². The van der Waals surface area contributed by atoms with Crippen LogP contribution >= 0.6 is 0 Å². The van der Waals surface area contributed by atoms with Crippen molar-refractivity contribution in [1.82, 2.24) is 4.90 Å². The molecule has 1 fully saturated rings. The van der Waals surface area contributed by atoms with E-state index in [1.54, 1.807) is 14.2 Å². The number of methoxy groups -OCH3 is 2. The maximum Gasteiger partial charge on any atom is 0.158 e. The van der Waals surface area contributed by atoms with E-state index < -0.39 is 0 Å². The number of rotatable bonds is 9. The Balaban J connectivity index is 2.54. The second kappa shape index (κ2) is 7.31. The molecule has 17 heavy (non-hydrogen) atoms. The second-order valence-electron chi connectivity index (χ2n) is 5.35. The summed E-state index contributed by atoms with van der Waals surface area (Å²) in [5.74, 6) is 0.674. The first-order valence-electron chi connectivity index (χ1n) is 6.63. The Kier molecular flexibility index (Phi) is 6.41. The summed E-state index contributed by atoms with van der Waals surface area (Å²) >= 11 is 0. The number of nitrogens with zero attached hydrogens (tertiary/aromatic N) is 1. The molecule has 0 saturated heterocycles. The van der Waals surface area contributed by atoms with Gasteiger partial charge in [-0.25, -0.2) is 0 Å². The lowest BCUT2D eigenvalue weighted by Gasteiger charge is -2.34. The minimum absolute atomic E-state index is 0.142. The molecule has 102 valence electrons. The van der Waals surface area contributed by atoms with Crippen LogP contribution in [0.1, 0.15) is 33.1 Å². The van der Waals surface area contributed by atoms with Crippen LogP contribution < -0.4 is 5.73 Å². The first-order valence-corrected chi connectivity index (χ1v) is 6.63. The van der Waals surface area contributed by atoms with Crippen LogP contribution in [0.25, 0.3) is 0 Å². The zero-order valence-corrected chi connectivity index (χ0v) is 11.7. The summed E-state index contributed by atoms with van der Waals surface area (Å²) in [6.45, 7) is 6.30. The average molecular weight is 244 g/mol. The van der Waals surface area contributed by atoms with E-state index in [-0.39, 0.29) is 6.29 Å². The molecule has 1 unspecified atom stereocenters. The Bertz CT molecular complexity index is 204. The summed E-state index contributed by atoms with van der Waals surface area (Å²) in [6, 6.07) is 1.11. The quantitative estimate of drug-likeness (QED) is 0.624. The van der Waals surface area contributed by atoms with Crippen molar-refractivity contribution in [2.75, 3.05) is 27.3 Å². The fraction of sp³-hybridized carbons (Fsp3) is 1.00. The molecule has 0 aromatic rings. The molecule has 1 saturated carbocycles. The van der Waals surface area contributed by atoms with Crippen molar-refractivity contribution in [3.63, 3.8) is 0 Å². The zero-order valence-electron chi connectivity index (χ0n) is 11.7. The molecule has 0 amide bonds. The number of nitrogens with two attached hydrogens (primary N) is 1. The second-order valence-corrected chi connectivity index (χ2v) is 5.35. The van der Waals surface area contributed by atoms with Crippen molar-refractivity contribution in [3.05, 3.63) is 0 Å². The van der Waals surface area contributed by atoms with E-state index in [0.717, 1.165) is 19.0 Å². The fourth-order valence-corrected chi connectivity index (χ4v) is 2.30. The standard InChI is InChI=1S/C13H28N2O2/c1-10(2)9-15(11-5-6-11)12(8-14)7-13(16-3)17-4/h10-13H,5-9,14H2,1-4H3. The third-order valence-corrected chi connectivity index (χ3v) is 3.32. The van der Waals surface area contributed by atoms with E-state index in [1.165, 1.54) is 12.8 Å². The van der Waals surface area contributed by atoms with Gasteiger partial charge in [-0.05, 0) is 18.8 Å². The van der Waals surface area contributed by atoms with Crippen molar-refractivity contribution in [1.29, 1.82) is 0 Å². The van der Waals surface area contributed by atoms with E-state index in [4.69, 9.17) is 15.2 Å². The molecule has 4 heteroatoms. The van der Waals surface area contributed by atoms with Gasteiger partial charge in [0.05, 0.1) is 0 Å². The van der Waals surface area contributed by atoms with Gasteiger partial charge in [0.25, 0.3) is 0 Å². The molecule has 0 bridgehead atoms. The summed E-state index contributed by atoms with van der Waals surface area (Å²) < 4.78 is 10.6. The Morgan fingerprint density at radius 1 is 1.24 bits per heavy atom. The third-order valence-electron chi connectivity index (χ3n) is 3.32. The third kappa shape index (κ3) is 4.92. The Morgan fingerprint density at radius 3 is 2.18 bits per heavy atom. The molecule has 1 aliphatic carbocycles. The lowest BCUT2D eigenvalue weighted by molar-refractivity contribution is -0.117. The normalized spacial score (nSPS) is 18.4. The predicted molar refractivity (Wildman–Crippen MR) is 69.8 cm³/mol. The van der Waals surface area contributed by atoms with E-state index in [9.17, 15) is 0 Å². The highest BCUT2D eigenvalue weighted by Gasteiger charge is 2.34. The van der Waals surface area contributed by atoms with Crippen LogP contribution in [0.3, 0.4) is 0 Å². The van der Waals surface area contributed by atoms with Gasteiger partial charge in [0.2, 0.25) is 0 Å². The van der Waals surface area contributed by atoms with Gasteiger partial charge in [-0.2, -0.15) is 0 Å². The first kappa shape index (κ1) is 14.9. The molecule has 2 N–H and O–H groups in total. The molecule has 1 atom stereocenters.